The average molecular weight is 442 g/mol. The molecule has 2 N–H and O–H groups in total. The summed E-state index contributed by atoms with van der Waals surface area (Å²) in [4.78, 5) is 12.9. The first-order chi connectivity index (χ1) is 14.5. The zero-order chi connectivity index (χ0) is 21.1. The number of aliphatic hydroxyl groups is 1. The Labute approximate surface area is 185 Å². The van der Waals surface area contributed by atoms with E-state index < -0.39 is 18.1 Å². The van der Waals surface area contributed by atoms with Crippen molar-refractivity contribution in [3.05, 3.63) is 99.0 Å². The third-order valence-corrected chi connectivity index (χ3v) is 5.76. The van der Waals surface area contributed by atoms with Gasteiger partial charge in [-0.15, -0.1) is 0 Å². The Morgan fingerprint density at radius 2 is 1.87 bits per heavy atom. The van der Waals surface area contributed by atoms with Crippen molar-refractivity contribution in [3.63, 3.8) is 0 Å². The first-order valence-electron chi connectivity index (χ1n) is 9.74. The molecule has 4 nitrogen and oxygen atoms in total. The normalized spacial score (nSPS) is 14.5. The Balaban J connectivity index is 1.63. The van der Waals surface area contributed by atoms with Crippen molar-refractivity contribution in [2.75, 3.05) is 6.61 Å². The number of benzene rings is 3. The monoisotopic (exact) mass is 441 g/mol. The van der Waals surface area contributed by atoms with Crippen molar-refractivity contribution in [2.24, 2.45) is 0 Å². The van der Waals surface area contributed by atoms with Crippen LogP contribution < -0.4 is 10.1 Å². The Bertz CT molecular complexity index is 1060. The highest BCUT2D eigenvalue weighted by molar-refractivity contribution is 6.33. The van der Waals surface area contributed by atoms with Gasteiger partial charge in [0.05, 0.1) is 12.6 Å². The summed E-state index contributed by atoms with van der Waals surface area (Å²) in [7, 11) is 0. The van der Waals surface area contributed by atoms with Crippen LogP contribution in [0, 0.1) is 0 Å². The maximum absolute atomic E-state index is 12.9. The van der Waals surface area contributed by atoms with E-state index in [9.17, 15) is 9.90 Å². The zero-order valence-corrected chi connectivity index (χ0v) is 17.7. The lowest BCUT2D eigenvalue weighted by Gasteiger charge is -2.23. The minimum atomic E-state index is -1.19. The lowest BCUT2D eigenvalue weighted by molar-refractivity contribution is -0.129. The molecule has 4 rings (SSSR count). The molecule has 3 aromatic carbocycles. The smallest absolute Gasteiger partial charge is 0.249 e. The Hall–Kier alpha value is -2.53. The fourth-order valence-electron chi connectivity index (χ4n) is 3.63. The standard InChI is InChI=1S/C24H21Cl2NO3/c25-18-7-8-20(26)19(14-18)23(17-6-9-22-16(13-17)10-11-30-22)27-24(29)21(28)12-15-4-2-1-3-5-15/h1-9,13-14,21,23,28H,10-12H2,(H,27,29)/t21-,23?/m0/s1. The molecule has 6 heteroatoms. The third kappa shape index (κ3) is 4.62. The molecule has 1 aliphatic heterocycles. The molecular weight excluding hydrogens is 421 g/mol. The van der Waals surface area contributed by atoms with Crippen LogP contribution in [0.15, 0.2) is 66.7 Å². The van der Waals surface area contributed by atoms with Crippen LogP contribution in [0.2, 0.25) is 10.0 Å². The third-order valence-electron chi connectivity index (χ3n) is 5.18. The van der Waals surface area contributed by atoms with E-state index in [1.807, 2.05) is 48.5 Å². The maximum Gasteiger partial charge on any atom is 0.249 e. The fourth-order valence-corrected chi connectivity index (χ4v) is 4.04. The van der Waals surface area contributed by atoms with Gasteiger partial charge in [0.1, 0.15) is 11.9 Å². The highest BCUT2D eigenvalue weighted by atomic mass is 35.5. The largest absolute Gasteiger partial charge is 0.493 e. The fraction of sp³-hybridized carbons (Fsp3) is 0.208. The summed E-state index contributed by atoms with van der Waals surface area (Å²) in [6.45, 7) is 0.642. The molecule has 1 amide bonds. The van der Waals surface area contributed by atoms with Crippen LogP contribution in [0.5, 0.6) is 5.75 Å². The number of hydrogen-bond donors (Lipinski definition) is 2. The van der Waals surface area contributed by atoms with E-state index in [4.69, 9.17) is 27.9 Å². The molecule has 154 valence electrons. The van der Waals surface area contributed by atoms with Crippen LogP contribution in [0.25, 0.3) is 0 Å². The molecule has 0 fully saturated rings. The average Bonchev–Trinajstić information content (AvgIpc) is 3.22. The first-order valence-corrected chi connectivity index (χ1v) is 10.5. The number of halogens is 2. The van der Waals surface area contributed by atoms with Crippen LogP contribution in [0.4, 0.5) is 0 Å². The van der Waals surface area contributed by atoms with Gasteiger partial charge in [-0.05, 0) is 52.6 Å². The second-order valence-corrected chi connectivity index (χ2v) is 8.12. The number of nitrogens with one attached hydrogen (secondary N) is 1. The summed E-state index contributed by atoms with van der Waals surface area (Å²) in [6, 6.07) is 19.8. The van der Waals surface area contributed by atoms with Crippen LogP contribution in [-0.2, 0) is 17.6 Å². The summed E-state index contributed by atoms with van der Waals surface area (Å²) < 4.78 is 5.59. The van der Waals surface area contributed by atoms with Gasteiger partial charge in [0.15, 0.2) is 0 Å². The Morgan fingerprint density at radius 1 is 1.07 bits per heavy atom. The number of ether oxygens (including phenoxy) is 1. The van der Waals surface area contributed by atoms with E-state index in [2.05, 4.69) is 5.32 Å². The zero-order valence-electron chi connectivity index (χ0n) is 16.1. The van der Waals surface area contributed by atoms with Gasteiger partial charge in [-0.25, -0.2) is 0 Å². The van der Waals surface area contributed by atoms with E-state index in [1.165, 1.54) is 0 Å². The molecule has 0 bridgehead atoms. The number of rotatable bonds is 6. The van der Waals surface area contributed by atoms with E-state index in [0.29, 0.717) is 22.2 Å². The summed E-state index contributed by atoms with van der Waals surface area (Å²) in [5.74, 6) is 0.377. The second kappa shape index (κ2) is 9.09. The van der Waals surface area contributed by atoms with Gasteiger partial charge >= 0.3 is 0 Å². The Kier molecular flexibility index (Phi) is 6.28. The van der Waals surface area contributed by atoms with Crippen molar-refractivity contribution < 1.29 is 14.6 Å². The van der Waals surface area contributed by atoms with Crippen LogP contribution in [0.3, 0.4) is 0 Å². The highest BCUT2D eigenvalue weighted by Crippen LogP contribution is 2.34. The van der Waals surface area contributed by atoms with E-state index in [-0.39, 0.29) is 6.42 Å². The topological polar surface area (TPSA) is 58.6 Å². The molecule has 0 saturated carbocycles. The molecule has 1 aliphatic rings. The van der Waals surface area contributed by atoms with Crippen molar-refractivity contribution in [1.29, 1.82) is 0 Å². The number of carbonyl (C=O) groups is 1. The number of amides is 1. The second-order valence-electron chi connectivity index (χ2n) is 7.28. The lowest BCUT2D eigenvalue weighted by atomic mass is 9.95. The lowest BCUT2D eigenvalue weighted by Crippen LogP contribution is -2.38. The molecule has 0 saturated heterocycles. The molecule has 1 unspecified atom stereocenters. The summed E-state index contributed by atoms with van der Waals surface area (Å²) in [5.41, 5.74) is 3.48. The van der Waals surface area contributed by atoms with Gasteiger partial charge in [0, 0.05) is 22.9 Å². The SMILES string of the molecule is O=C(NC(c1ccc2c(c1)CCO2)c1cc(Cl)ccc1Cl)[C@@H](O)Cc1ccccc1. The predicted molar refractivity (Wildman–Crippen MR) is 118 cm³/mol. The van der Waals surface area contributed by atoms with Crippen LogP contribution >= 0.6 is 23.2 Å². The van der Waals surface area contributed by atoms with Crippen molar-refractivity contribution in [2.45, 2.75) is 25.0 Å². The number of carbonyl (C=O) groups excluding carboxylic acids is 1. The van der Waals surface area contributed by atoms with Gasteiger partial charge in [0.2, 0.25) is 5.91 Å². The first kappa shape index (κ1) is 20.7. The minimum absolute atomic E-state index is 0.223. The van der Waals surface area contributed by atoms with Gasteiger partial charge in [-0.1, -0.05) is 59.6 Å². The van der Waals surface area contributed by atoms with Crippen LogP contribution in [-0.4, -0.2) is 23.7 Å². The molecular formula is C24H21Cl2NO3. The Morgan fingerprint density at radius 3 is 2.67 bits per heavy atom. The van der Waals surface area contributed by atoms with E-state index in [0.717, 1.165) is 28.9 Å². The molecule has 0 spiro atoms. The van der Waals surface area contributed by atoms with Gasteiger partial charge < -0.3 is 15.2 Å². The quantitative estimate of drug-likeness (QED) is 0.580. The molecule has 1 heterocycles. The molecule has 0 radical (unpaired) electrons. The molecule has 3 aromatic rings. The van der Waals surface area contributed by atoms with E-state index in [1.54, 1.807) is 18.2 Å². The minimum Gasteiger partial charge on any atom is -0.493 e. The maximum atomic E-state index is 12.9. The number of fused-ring (bicyclic) bond motifs is 1. The van der Waals surface area contributed by atoms with E-state index >= 15 is 0 Å². The summed E-state index contributed by atoms with van der Waals surface area (Å²) in [6.07, 6.45) is -0.157. The highest BCUT2D eigenvalue weighted by Gasteiger charge is 2.25. The summed E-state index contributed by atoms with van der Waals surface area (Å²) in [5, 5.41) is 14.5. The summed E-state index contributed by atoms with van der Waals surface area (Å²) >= 11 is 12.7. The van der Waals surface area contributed by atoms with Gasteiger partial charge in [-0.2, -0.15) is 0 Å². The van der Waals surface area contributed by atoms with Crippen molar-refractivity contribution in [3.8, 4) is 5.75 Å². The number of hydrogen-bond acceptors (Lipinski definition) is 3. The molecule has 0 aliphatic carbocycles. The van der Waals surface area contributed by atoms with Crippen molar-refractivity contribution >= 4 is 29.1 Å². The molecule has 2 atom stereocenters. The van der Waals surface area contributed by atoms with Gasteiger partial charge in [-0.3, -0.25) is 4.79 Å². The number of aliphatic hydroxyl groups excluding tert-OH is 1. The van der Waals surface area contributed by atoms with Gasteiger partial charge in [0.25, 0.3) is 0 Å². The van der Waals surface area contributed by atoms with Crippen molar-refractivity contribution in [1.82, 2.24) is 5.32 Å². The molecule has 0 aromatic heterocycles. The molecule has 30 heavy (non-hydrogen) atoms. The van der Waals surface area contributed by atoms with Crippen LogP contribution in [0.1, 0.15) is 28.3 Å². The predicted octanol–water partition coefficient (Wildman–Crippen LogP) is 4.74.